The molecule has 6 nitrogen and oxygen atoms in total. The van der Waals surface area contributed by atoms with E-state index in [1.54, 1.807) is 0 Å². The van der Waals surface area contributed by atoms with E-state index in [1.807, 2.05) is 68.4 Å². The van der Waals surface area contributed by atoms with Gasteiger partial charge in [-0.15, -0.1) is 10.2 Å². The quantitative estimate of drug-likeness (QED) is 0.595. The summed E-state index contributed by atoms with van der Waals surface area (Å²) in [5.41, 5.74) is 4.68. The summed E-state index contributed by atoms with van der Waals surface area (Å²) in [5, 5.41) is 11.7. The van der Waals surface area contributed by atoms with E-state index in [-0.39, 0.29) is 12.5 Å². The van der Waals surface area contributed by atoms with Crippen molar-refractivity contribution in [3.63, 3.8) is 0 Å². The minimum absolute atomic E-state index is 0.0335. The van der Waals surface area contributed by atoms with E-state index in [1.165, 1.54) is 12.8 Å². The van der Waals surface area contributed by atoms with Crippen molar-refractivity contribution in [1.82, 2.24) is 10.2 Å². The molecule has 0 bridgehead atoms. The number of rotatable bonds is 6. The van der Waals surface area contributed by atoms with Gasteiger partial charge in [0.25, 0.3) is 5.91 Å². The lowest BCUT2D eigenvalue weighted by Crippen LogP contribution is -2.33. The number of nitrogens with one attached hydrogen (secondary N) is 1. The predicted molar refractivity (Wildman–Crippen MR) is 128 cm³/mol. The number of aromatic nitrogens is 2. The van der Waals surface area contributed by atoms with Crippen LogP contribution in [0.2, 0.25) is 0 Å². The number of ether oxygens (including phenoxy) is 1. The Morgan fingerprint density at radius 1 is 1.03 bits per heavy atom. The molecule has 0 atom stereocenters. The topological polar surface area (TPSA) is 67.3 Å². The first-order valence-corrected chi connectivity index (χ1v) is 11.2. The van der Waals surface area contributed by atoms with Crippen molar-refractivity contribution in [2.24, 2.45) is 5.92 Å². The van der Waals surface area contributed by atoms with Crippen molar-refractivity contribution in [3.8, 4) is 17.0 Å². The van der Waals surface area contributed by atoms with Gasteiger partial charge in [-0.1, -0.05) is 31.2 Å². The van der Waals surface area contributed by atoms with E-state index in [0.29, 0.717) is 0 Å². The Balaban J connectivity index is 1.32. The number of benzene rings is 2. The summed E-state index contributed by atoms with van der Waals surface area (Å²) in [6, 6.07) is 17.5. The maximum atomic E-state index is 12.3. The lowest BCUT2D eigenvalue weighted by atomic mass is 9.99. The Kier molecular flexibility index (Phi) is 6.69. The Hall–Kier alpha value is -3.41. The maximum Gasteiger partial charge on any atom is 0.262 e. The summed E-state index contributed by atoms with van der Waals surface area (Å²) < 4.78 is 5.68. The molecule has 0 spiro atoms. The highest BCUT2D eigenvalue weighted by atomic mass is 16.5. The van der Waals surface area contributed by atoms with Crippen molar-refractivity contribution < 1.29 is 9.53 Å². The molecule has 3 aromatic rings. The summed E-state index contributed by atoms with van der Waals surface area (Å²) in [6.45, 7) is 8.36. The molecule has 4 rings (SSSR count). The first-order valence-electron chi connectivity index (χ1n) is 11.2. The van der Waals surface area contributed by atoms with Gasteiger partial charge in [-0.05, 0) is 74.1 Å². The first-order chi connectivity index (χ1) is 15.5. The van der Waals surface area contributed by atoms with E-state index < -0.39 is 0 Å². The number of piperidine rings is 1. The van der Waals surface area contributed by atoms with Gasteiger partial charge in [-0.2, -0.15) is 0 Å². The molecule has 0 unspecified atom stereocenters. The van der Waals surface area contributed by atoms with E-state index in [2.05, 4.69) is 27.3 Å². The zero-order valence-corrected chi connectivity index (χ0v) is 19.0. The summed E-state index contributed by atoms with van der Waals surface area (Å²) in [5.74, 6) is 2.26. The second-order valence-electron chi connectivity index (χ2n) is 8.56. The van der Waals surface area contributed by atoms with Crippen LogP contribution in [-0.2, 0) is 4.79 Å². The van der Waals surface area contributed by atoms with Crippen LogP contribution in [0.1, 0.15) is 30.9 Å². The molecule has 32 heavy (non-hydrogen) atoms. The number of amides is 1. The second kappa shape index (κ2) is 9.81. The SMILES string of the molecule is Cc1cccc(OCC(=O)Nc2ccc(-c3ccc(N4CCC(C)CC4)nn3)cc2)c1C. The van der Waals surface area contributed by atoms with E-state index in [4.69, 9.17) is 4.74 Å². The van der Waals surface area contributed by atoms with E-state index >= 15 is 0 Å². The van der Waals surface area contributed by atoms with Crippen LogP contribution in [0, 0.1) is 19.8 Å². The molecule has 1 N–H and O–H groups in total. The zero-order chi connectivity index (χ0) is 22.5. The summed E-state index contributed by atoms with van der Waals surface area (Å²) in [4.78, 5) is 14.6. The summed E-state index contributed by atoms with van der Waals surface area (Å²) in [7, 11) is 0. The van der Waals surface area contributed by atoms with Crippen molar-refractivity contribution in [3.05, 3.63) is 65.7 Å². The lowest BCUT2D eigenvalue weighted by molar-refractivity contribution is -0.118. The average Bonchev–Trinajstić information content (AvgIpc) is 2.81. The van der Waals surface area contributed by atoms with Gasteiger partial charge in [0.2, 0.25) is 0 Å². The standard InChI is InChI=1S/C26H30N4O2/c1-18-13-15-30(16-14-18)25-12-11-23(28-29-25)21-7-9-22(10-8-21)27-26(31)17-32-24-6-4-5-19(2)20(24)3/h4-12,18H,13-17H2,1-3H3,(H,27,31). The first kappa shape index (κ1) is 21.8. The highest BCUT2D eigenvalue weighted by Crippen LogP contribution is 2.24. The van der Waals surface area contributed by atoms with Crippen LogP contribution in [0.15, 0.2) is 54.6 Å². The smallest absolute Gasteiger partial charge is 0.262 e. The molecule has 0 saturated carbocycles. The molecule has 1 aliphatic rings. The van der Waals surface area contributed by atoms with Crippen molar-refractivity contribution in [2.45, 2.75) is 33.6 Å². The molecule has 166 valence electrons. The number of hydrogen-bond donors (Lipinski definition) is 1. The Morgan fingerprint density at radius 2 is 1.78 bits per heavy atom. The number of nitrogens with zero attached hydrogens (tertiary/aromatic N) is 3. The highest BCUT2D eigenvalue weighted by Gasteiger charge is 2.17. The molecular weight excluding hydrogens is 400 g/mol. The highest BCUT2D eigenvalue weighted by molar-refractivity contribution is 5.92. The second-order valence-corrected chi connectivity index (χ2v) is 8.56. The largest absolute Gasteiger partial charge is 0.483 e. The Bertz CT molecular complexity index is 1060. The molecule has 1 aliphatic heterocycles. The van der Waals surface area contributed by atoms with Crippen LogP contribution in [-0.4, -0.2) is 35.8 Å². The van der Waals surface area contributed by atoms with Gasteiger partial charge in [0.15, 0.2) is 12.4 Å². The van der Waals surface area contributed by atoms with Crippen LogP contribution in [0.4, 0.5) is 11.5 Å². The summed E-state index contributed by atoms with van der Waals surface area (Å²) >= 11 is 0. The van der Waals surface area contributed by atoms with Crippen LogP contribution in [0.5, 0.6) is 5.75 Å². The molecule has 0 radical (unpaired) electrons. The van der Waals surface area contributed by atoms with Gasteiger partial charge in [0.1, 0.15) is 5.75 Å². The van der Waals surface area contributed by atoms with Crippen molar-refractivity contribution in [1.29, 1.82) is 0 Å². The number of aryl methyl sites for hydroxylation is 1. The third-order valence-electron chi connectivity index (χ3n) is 6.14. The molecular formula is C26H30N4O2. The van der Waals surface area contributed by atoms with Crippen LogP contribution in [0.25, 0.3) is 11.3 Å². The predicted octanol–water partition coefficient (Wildman–Crippen LogP) is 5.01. The molecule has 0 aliphatic carbocycles. The van der Waals surface area contributed by atoms with Crippen molar-refractivity contribution >= 4 is 17.4 Å². The normalized spacial score (nSPS) is 14.3. The van der Waals surface area contributed by atoms with E-state index in [0.717, 1.165) is 58.6 Å². The maximum absolute atomic E-state index is 12.3. The van der Waals surface area contributed by atoms with Crippen LogP contribution in [0.3, 0.4) is 0 Å². The zero-order valence-electron chi connectivity index (χ0n) is 19.0. The summed E-state index contributed by atoms with van der Waals surface area (Å²) in [6.07, 6.45) is 2.40. The Labute approximate surface area is 189 Å². The number of hydrogen-bond acceptors (Lipinski definition) is 5. The number of carbonyl (C=O) groups excluding carboxylic acids is 1. The molecule has 2 heterocycles. The van der Waals surface area contributed by atoms with Gasteiger partial charge in [-0.25, -0.2) is 0 Å². The minimum Gasteiger partial charge on any atom is -0.483 e. The number of carbonyl (C=O) groups is 1. The minimum atomic E-state index is -0.196. The van der Waals surface area contributed by atoms with Crippen molar-refractivity contribution in [2.75, 3.05) is 29.9 Å². The van der Waals surface area contributed by atoms with Crippen LogP contribution < -0.4 is 15.0 Å². The van der Waals surface area contributed by atoms with E-state index in [9.17, 15) is 4.79 Å². The van der Waals surface area contributed by atoms with Gasteiger partial charge in [-0.3, -0.25) is 4.79 Å². The van der Waals surface area contributed by atoms with Gasteiger partial charge in [0, 0.05) is 24.3 Å². The fraction of sp³-hybridized carbons (Fsp3) is 0.346. The van der Waals surface area contributed by atoms with Gasteiger partial charge in [0.05, 0.1) is 5.69 Å². The molecule has 1 fully saturated rings. The fourth-order valence-corrected chi connectivity index (χ4v) is 3.83. The molecule has 2 aromatic carbocycles. The molecule has 1 aromatic heterocycles. The average molecular weight is 431 g/mol. The molecule has 1 saturated heterocycles. The Morgan fingerprint density at radius 3 is 2.47 bits per heavy atom. The molecule has 6 heteroatoms. The van der Waals surface area contributed by atoms with Gasteiger partial charge < -0.3 is 15.0 Å². The monoisotopic (exact) mass is 430 g/mol. The lowest BCUT2D eigenvalue weighted by Gasteiger charge is -2.30. The van der Waals surface area contributed by atoms with Crippen LogP contribution >= 0.6 is 0 Å². The third kappa shape index (κ3) is 5.25. The number of anilines is 2. The fourth-order valence-electron chi connectivity index (χ4n) is 3.83. The third-order valence-corrected chi connectivity index (χ3v) is 6.14. The molecule has 1 amide bonds. The van der Waals surface area contributed by atoms with Gasteiger partial charge >= 0.3 is 0 Å².